The van der Waals surface area contributed by atoms with Gasteiger partial charge in [-0.15, -0.1) is 0 Å². The molecule has 1 aliphatic rings. The molecule has 58 valence electrons. The second-order valence-corrected chi connectivity index (χ2v) is 3.76. The van der Waals surface area contributed by atoms with E-state index in [1.807, 2.05) is 0 Å². The summed E-state index contributed by atoms with van der Waals surface area (Å²) >= 11 is 0. The van der Waals surface area contributed by atoms with Crippen LogP contribution in [0.15, 0.2) is 12.2 Å². The van der Waals surface area contributed by atoms with Crippen molar-refractivity contribution in [3.05, 3.63) is 12.2 Å². The summed E-state index contributed by atoms with van der Waals surface area (Å²) in [7, 11) is 2.79. The molecule has 0 radical (unpaired) electrons. The van der Waals surface area contributed by atoms with Gasteiger partial charge in [0.15, 0.2) is 0 Å². The highest BCUT2D eigenvalue weighted by Crippen LogP contribution is 2.24. The lowest BCUT2D eigenvalue weighted by Crippen LogP contribution is -2.32. The molecule has 0 aromatic rings. The summed E-state index contributed by atoms with van der Waals surface area (Å²) in [6, 6.07) is 0.624. The Balaban J connectivity index is 2.47. The van der Waals surface area contributed by atoms with Gasteiger partial charge in [-0.25, -0.2) is 0 Å². The monoisotopic (exact) mass is 157 g/mol. The van der Waals surface area contributed by atoms with E-state index in [1.54, 1.807) is 0 Å². The van der Waals surface area contributed by atoms with Crippen LogP contribution in [0, 0.1) is 0 Å². The molecule has 0 spiro atoms. The maximum atomic E-state index is 3.97. The molecule has 2 atom stereocenters. The Bertz CT molecular complexity index is 133. The lowest BCUT2D eigenvalue weighted by atomic mass is 10.00. The fourth-order valence-electron chi connectivity index (χ4n) is 1.48. The molecular formula is C8H16NP. The molecule has 0 aromatic carbocycles. The van der Waals surface area contributed by atoms with Gasteiger partial charge in [0.05, 0.1) is 0 Å². The van der Waals surface area contributed by atoms with Gasteiger partial charge in [0.25, 0.3) is 0 Å². The quantitative estimate of drug-likeness (QED) is 0.416. The highest BCUT2D eigenvalue weighted by atomic mass is 31.0. The summed E-state index contributed by atoms with van der Waals surface area (Å²) in [5, 5.41) is 0. The predicted octanol–water partition coefficient (Wildman–Crippen LogP) is 2.21. The number of piperidine rings is 1. The molecule has 2 heteroatoms. The van der Waals surface area contributed by atoms with E-state index in [0.29, 0.717) is 6.04 Å². The second-order valence-electron chi connectivity index (χ2n) is 3.10. The summed E-state index contributed by atoms with van der Waals surface area (Å²) in [4.78, 5) is 0. The van der Waals surface area contributed by atoms with Crippen LogP contribution in [0.4, 0.5) is 0 Å². The first-order chi connectivity index (χ1) is 4.72. The van der Waals surface area contributed by atoms with Gasteiger partial charge in [0.1, 0.15) is 0 Å². The molecule has 1 aliphatic heterocycles. The van der Waals surface area contributed by atoms with Crippen LogP contribution >= 0.6 is 9.39 Å². The third-order valence-corrected chi connectivity index (χ3v) is 2.73. The lowest BCUT2D eigenvalue weighted by molar-refractivity contribution is 0.306. The summed E-state index contributed by atoms with van der Waals surface area (Å²) in [6.45, 7) is 7.30. The Morgan fingerprint density at radius 2 is 2.30 bits per heavy atom. The SMILES string of the molecule is C=C(C)[C@H]1CCCCN1P. The average molecular weight is 157 g/mol. The average Bonchev–Trinajstić information content (AvgIpc) is 1.88. The van der Waals surface area contributed by atoms with E-state index in [4.69, 9.17) is 0 Å². The Morgan fingerprint density at radius 1 is 1.60 bits per heavy atom. The molecule has 0 saturated carbocycles. The van der Waals surface area contributed by atoms with Crippen molar-refractivity contribution in [3.63, 3.8) is 0 Å². The minimum absolute atomic E-state index is 0.624. The second kappa shape index (κ2) is 3.50. The zero-order valence-corrected chi connectivity index (χ0v) is 7.79. The van der Waals surface area contributed by atoms with Crippen LogP contribution in [0.2, 0.25) is 0 Å². The van der Waals surface area contributed by atoms with E-state index in [2.05, 4.69) is 27.6 Å². The van der Waals surface area contributed by atoms with Gasteiger partial charge in [-0.2, -0.15) is 0 Å². The zero-order valence-electron chi connectivity index (χ0n) is 6.64. The van der Waals surface area contributed by atoms with Crippen molar-refractivity contribution >= 4 is 9.39 Å². The summed E-state index contributed by atoms with van der Waals surface area (Å²) in [5.74, 6) is 0. The molecule has 0 aromatic heterocycles. The lowest BCUT2D eigenvalue weighted by Gasteiger charge is -2.32. The normalized spacial score (nSPS) is 28.4. The fourth-order valence-corrected chi connectivity index (χ4v) is 2.07. The number of rotatable bonds is 1. The van der Waals surface area contributed by atoms with E-state index >= 15 is 0 Å². The first-order valence-electron chi connectivity index (χ1n) is 3.88. The van der Waals surface area contributed by atoms with Gasteiger partial charge >= 0.3 is 0 Å². The molecule has 1 saturated heterocycles. The van der Waals surface area contributed by atoms with Crippen molar-refractivity contribution in [3.8, 4) is 0 Å². The van der Waals surface area contributed by atoms with Crippen molar-refractivity contribution in [1.82, 2.24) is 4.67 Å². The molecule has 0 bridgehead atoms. The molecule has 0 amide bonds. The highest BCUT2D eigenvalue weighted by Gasteiger charge is 2.18. The minimum atomic E-state index is 0.624. The molecule has 10 heavy (non-hydrogen) atoms. The van der Waals surface area contributed by atoms with Crippen LogP contribution in [0.1, 0.15) is 26.2 Å². The smallest absolute Gasteiger partial charge is 0.0334 e. The van der Waals surface area contributed by atoms with Crippen molar-refractivity contribution in [2.75, 3.05) is 6.54 Å². The first-order valence-corrected chi connectivity index (χ1v) is 4.40. The fraction of sp³-hybridized carbons (Fsp3) is 0.750. The third kappa shape index (κ3) is 1.81. The molecule has 1 rings (SSSR count). The van der Waals surface area contributed by atoms with E-state index in [1.165, 1.54) is 31.4 Å². The topological polar surface area (TPSA) is 3.24 Å². The van der Waals surface area contributed by atoms with Crippen LogP contribution in [-0.4, -0.2) is 17.3 Å². The summed E-state index contributed by atoms with van der Waals surface area (Å²) < 4.78 is 2.33. The van der Waals surface area contributed by atoms with Gasteiger partial charge in [-0.05, 0) is 19.8 Å². The minimum Gasteiger partial charge on any atom is -0.280 e. The Hall–Kier alpha value is 0.130. The molecule has 0 aliphatic carbocycles. The number of hydrogen-bond acceptors (Lipinski definition) is 1. The van der Waals surface area contributed by atoms with Crippen LogP contribution in [-0.2, 0) is 0 Å². The van der Waals surface area contributed by atoms with Gasteiger partial charge in [0, 0.05) is 12.6 Å². The Labute approximate surface area is 65.7 Å². The van der Waals surface area contributed by atoms with Gasteiger partial charge in [-0.1, -0.05) is 28.0 Å². The zero-order chi connectivity index (χ0) is 7.56. The Morgan fingerprint density at radius 3 is 2.70 bits per heavy atom. The van der Waals surface area contributed by atoms with Crippen molar-refractivity contribution in [2.45, 2.75) is 32.2 Å². The van der Waals surface area contributed by atoms with Gasteiger partial charge in [0.2, 0.25) is 0 Å². The first kappa shape index (κ1) is 8.23. The molecule has 1 unspecified atom stereocenters. The highest BCUT2D eigenvalue weighted by molar-refractivity contribution is 7.13. The molecule has 1 heterocycles. The summed E-state index contributed by atoms with van der Waals surface area (Å²) in [5.41, 5.74) is 1.30. The van der Waals surface area contributed by atoms with E-state index < -0.39 is 0 Å². The number of hydrogen-bond donors (Lipinski definition) is 0. The van der Waals surface area contributed by atoms with Crippen molar-refractivity contribution < 1.29 is 0 Å². The largest absolute Gasteiger partial charge is 0.280 e. The standard InChI is InChI=1S/C8H16NP/c1-7(2)8-5-3-4-6-9(8)10/h8H,1,3-6,10H2,2H3/t8-/m1/s1. The van der Waals surface area contributed by atoms with Crippen LogP contribution < -0.4 is 0 Å². The maximum Gasteiger partial charge on any atom is 0.0334 e. The maximum absolute atomic E-state index is 3.97. The van der Waals surface area contributed by atoms with Gasteiger partial charge in [-0.3, -0.25) is 4.67 Å². The number of nitrogens with zero attached hydrogens (tertiary/aromatic N) is 1. The predicted molar refractivity (Wildman–Crippen MR) is 48.9 cm³/mol. The molecular weight excluding hydrogens is 141 g/mol. The molecule has 0 N–H and O–H groups in total. The molecule has 1 nitrogen and oxygen atoms in total. The Kier molecular flexibility index (Phi) is 2.88. The van der Waals surface area contributed by atoms with Crippen molar-refractivity contribution in [2.24, 2.45) is 0 Å². The third-order valence-electron chi connectivity index (χ3n) is 2.11. The van der Waals surface area contributed by atoms with Gasteiger partial charge < -0.3 is 0 Å². The van der Waals surface area contributed by atoms with E-state index in [0.717, 1.165) is 0 Å². The van der Waals surface area contributed by atoms with Crippen LogP contribution in [0.3, 0.4) is 0 Å². The van der Waals surface area contributed by atoms with Crippen LogP contribution in [0.25, 0.3) is 0 Å². The van der Waals surface area contributed by atoms with E-state index in [9.17, 15) is 0 Å². The summed E-state index contributed by atoms with van der Waals surface area (Å²) in [6.07, 6.45) is 3.99. The van der Waals surface area contributed by atoms with Crippen LogP contribution in [0.5, 0.6) is 0 Å². The van der Waals surface area contributed by atoms with Crippen molar-refractivity contribution in [1.29, 1.82) is 0 Å². The molecule has 1 fully saturated rings. The van der Waals surface area contributed by atoms with E-state index in [-0.39, 0.29) is 0 Å².